The van der Waals surface area contributed by atoms with E-state index in [1.54, 1.807) is 17.7 Å². The first-order chi connectivity index (χ1) is 12.8. The summed E-state index contributed by atoms with van der Waals surface area (Å²) in [6.07, 6.45) is 6.51. The van der Waals surface area contributed by atoms with Crippen LogP contribution in [0.5, 0.6) is 0 Å². The van der Waals surface area contributed by atoms with E-state index in [0.29, 0.717) is 5.75 Å². The number of thiophene rings is 1. The minimum absolute atomic E-state index is 0. The van der Waals surface area contributed by atoms with Crippen LogP contribution in [-0.2, 0) is 53.9 Å². The van der Waals surface area contributed by atoms with Crippen LogP contribution in [0.25, 0.3) is 16.9 Å². The molecular weight excluding hydrogens is 491 g/mol. The van der Waals surface area contributed by atoms with Gasteiger partial charge < -0.3 is 19.9 Å². The number of nitrogens with zero attached hydrogens (tertiary/aromatic N) is 4. The van der Waals surface area contributed by atoms with Gasteiger partial charge in [-0.25, -0.2) is 8.42 Å². The maximum Gasteiger partial charge on any atom is 0.199 e. The standard InChI is InChI=1S/C17H20N5O2S3.Y/c1-12(14-5-8-25-15(14)9-26-27(3,23)24)18-6-4-7-22-11-21-16-13(2)19-10-20-17(16)22;/h5,8,11,18H,1,4,6-7,9H2,2-3H3;/q-1;. The number of imidazole rings is 1. The predicted molar refractivity (Wildman–Crippen MR) is 111 cm³/mol. The molecule has 0 saturated heterocycles. The van der Waals surface area contributed by atoms with Crippen LogP contribution in [0.15, 0.2) is 24.4 Å². The molecule has 1 radical (unpaired) electrons. The fourth-order valence-electron chi connectivity index (χ4n) is 2.58. The van der Waals surface area contributed by atoms with E-state index in [1.807, 2.05) is 22.9 Å². The van der Waals surface area contributed by atoms with E-state index in [-0.39, 0.29) is 32.7 Å². The molecule has 0 fully saturated rings. The number of hydrogen-bond acceptors (Lipinski definition) is 8. The molecule has 1 N–H and O–H groups in total. The molecule has 28 heavy (non-hydrogen) atoms. The number of rotatable bonds is 9. The van der Waals surface area contributed by atoms with Crippen LogP contribution in [0.1, 0.15) is 22.6 Å². The van der Waals surface area contributed by atoms with Crippen molar-refractivity contribution in [2.24, 2.45) is 0 Å². The molecule has 7 nitrogen and oxygen atoms in total. The van der Waals surface area contributed by atoms with Gasteiger partial charge in [-0.05, 0) is 34.4 Å². The zero-order chi connectivity index (χ0) is 19.4. The third-order valence-corrected chi connectivity index (χ3v) is 7.49. The van der Waals surface area contributed by atoms with Crippen molar-refractivity contribution in [3.63, 3.8) is 0 Å². The Morgan fingerprint density at radius 2 is 2.21 bits per heavy atom. The zero-order valence-corrected chi connectivity index (χ0v) is 21.0. The Bertz CT molecular complexity index is 1060. The van der Waals surface area contributed by atoms with Crippen molar-refractivity contribution in [3.05, 3.63) is 46.8 Å². The molecule has 0 atom stereocenters. The van der Waals surface area contributed by atoms with Crippen molar-refractivity contribution < 1.29 is 41.1 Å². The molecule has 3 rings (SSSR count). The molecule has 0 unspecified atom stereocenters. The van der Waals surface area contributed by atoms with Gasteiger partial charge in [-0.1, -0.05) is 13.5 Å². The largest absolute Gasteiger partial charge is 0.385 e. The van der Waals surface area contributed by atoms with Gasteiger partial charge in [0.1, 0.15) is 0 Å². The Labute approximate surface area is 197 Å². The fraction of sp³-hybridized carbons (Fsp3) is 0.353. The van der Waals surface area contributed by atoms with Gasteiger partial charge in [0, 0.05) is 91.4 Å². The topological polar surface area (TPSA) is 89.8 Å². The third-order valence-electron chi connectivity index (χ3n) is 3.92. The summed E-state index contributed by atoms with van der Waals surface area (Å²) in [4.78, 5) is 13.6. The number of fused-ring (bicyclic) bond motifs is 1. The predicted octanol–water partition coefficient (Wildman–Crippen LogP) is 2.84. The van der Waals surface area contributed by atoms with E-state index in [2.05, 4.69) is 33.2 Å². The Morgan fingerprint density at radius 3 is 2.96 bits per heavy atom. The molecule has 0 spiro atoms. The van der Waals surface area contributed by atoms with E-state index in [0.717, 1.165) is 63.3 Å². The van der Waals surface area contributed by atoms with E-state index in [9.17, 15) is 8.42 Å². The van der Waals surface area contributed by atoms with Gasteiger partial charge in [0.15, 0.2) is 8.87 Å². The second kappa shape index (κ2) is 10.3. The van der Waals surface area contributed by atoms with Gasteiger partial charge in [-0.15, -0.1) is 11.3 Å². The van der Waals surface area contributed by atoms with Gasteiger partial charge in [-0.2, -0.15) is 0 Å². The Kier molecular flexibility index (Phi) is 8.63. The van der Waals surface area contributed by atoms with Crippen LogP contribution in [0.4, 0.5) is 0 Å². The fourth-order valence-corrected chi connectivity index (χ4v) is 5.41. The summed E-state index contributed by atoms with van der Waals surface area (Å²) in [5.74, 6) is 0.434. The van der Waals surface area contributed by atoms with E-state index < -0.39 is 8.87 Å². The Morgan fingerprint density at radius 1 is 1.43 bits per heavy atom. The molecule has 3 heterocycles. The van der Waals surface area contributed by atoms with Gasteiger partial charge in [0.25, 0.3) is 0 Å². The average molecular weight is 511 g/mol. The maximum atomic E-state index is 11.4. The number of aromatic nitrogens is 4. The second-order valence-electron chi connectivity index (χ2n) is 6.00. The van der Waals surface area contributed by atoms with Crippen LogP contribution < -0.4 is 5.32 Å². The molecule has 0 aliphatic rings. The first-order valence-corrected chi connectivity index (χ1v) is 12.5. The zero-order valence-electron chi connectivity index (χ0n) is 15.7. The molecule has 0 saturated carbocycles. The van der Waals surface area contributed by atoms with Crippen molar-refractivity contribution in [1.82, 2.24) is 24.8 Å². The van der Waals surface area contributed by atoms with Crippen LogP contribution in [0.2, 0.25) is 0 Å². The van der Waals surface area contributed by atoms with Crippen molar-refractivity contribution in [3.8, 4) is 0 Å². The first kappa shape index (κ1) is 23.5. The molecule has 0 aliphatic heterocycles. The molecule has 11 heteroatoms. The molecule has 147 valence electrons. The van der Waals surface area contributed by atoms with Crippen LogP contribution in [0.3, 0.4) is 0 Å². The van der Waals surface area contributed by atoms with Gasteiger partial charge in [-0.3, -0.25) is 4.98 Å². The summed E-state index contributed by atoms with van der Waals surface area (Å²) in [7, 11) is -2.12. The normalized spacial score (nSPS) is 11.4. The van der Waals surface area contributed by atoms with Crippen molar-refractivity contribution in [2.45, 2.75) is 25.6 Å². The third kappa shape index (κ3) is 6.09. The van der Waals surface area contributed by atoms with Gasteiger partial charge >= 0.3 is 0 Å². The minimum Gasteiger partial charge on any atom is -0.385 e. The van der Waals surface area contributed by atoms with E-state index >= 15 is 0 Å². The molecule has 0 aliphatic carbocycles. The first-order valence-electron chi connectivity index (χ1n) is 8.24. The molecule has 0 amide bonds. The average Bonchev–Trinajstić information content (AvgIpc) is 3.24. The quantitative estimate of drug-likeness (QED) is 0.269. The van der Waals surface area contributed by atoms with Gasteiger partial charge in [0.05, 0.1) is 6.33 Å². The van der Waals surface area contributed by atoms with Crippen molar-refractivity contribution >= 4 is 47.9 Å². The van der Waals surface area contributed by atoms with Crippen LogP contribution >= 0.6 is 22.1 Å². The van der Waals surface area contributed by atoms with E-state index in [4.69, 9.17) is 0 Å². The number of hydrogen-bond donors (Lipinski definition) is 1. The van der Waals surface area contributed by atoms with Crippen LogP contribution in [-0.4, -0.2) is 40.7 Å². The minimum atomic E-state index is -3.06. The second-order valence-corrected chi connectivity index (χ2v) is 11.5. The SMILES string of the molecule is C=C(NCCCn1cnc2c(C)n[c-]nc21)c1ccsc1CSS(C)(=O)=O.[Y]. The molecule has 3 aromatic rings. The van der Waals surface area contributed by atoms with E-state index in [1.165, 1.54) is 6.26 Å². The van der Waals surface area contributed by atoms with Crippen molar-refractivity contribution in [2.75, 3.05) is 12.8 Å². The number of aryl methyl sites for hydroxylation is 2. The summed E-state index contributed by atoms with van der Waals surface area (Å²) in [6.45, 7) is 7.49. The summed E-state index contributed by atoms with van der Waals surface area (Å²) < 4.78 is 24.7. The summed E-state index contributed by atoms with van der Waals surface area (Å²) >= 11 is 1.54. The molecular formula is C17H20N5O2S3Y-. The summed E-state index contributed by atoms with van der Waals surface area (Å²) in [5.41, 5.74) is 4.20. The monoisotopic (exact) mass is 511 g/mol. The van der Waals surface area contributed by atoms with Crippen molar-refractivity contribution in [1.29, 1.82) is 0 Å². The maximum absolute atomic E-state index is 11.4. The van der Waals surface area contributed by atoms with Crippen LogP contribution in [0, 0.1) is 13.3 Å². The summed E-state index contributed by atoms with van der Waals surface area (Å²) in [5, 5.41) is 5.28. The summed E-state index contributed by atoms with van der Waals surface area (Å²) in [6, 6.07) is 1.97. The molecule has 0 bridgehead atoms. The Hall–Kier alpha value is -0.806. The Balaban J connectivity index is 0.00000280. The molecule has 0 aromatic carbocycles. The smallest absolute Gasteiger partial charge is 0.199 e. The number of nitrogens with one attached hydrogen (secondary N) is 1. The molecule has 3 aromatic heterocycles. The van der Waals surface area contributed by atoms with Gasteiger partial charge in [0.2, 0.25) is 0 Å².